The smallest absolute Gasteiger partial charge is 0.262 e. The van der Waals surface area contributed by atoms with Crippen molar-refractivity contribution in [2.75, 3.05) is 16.4 Å². The summed E-state index contributed by atoms with van der Waals surface area (Å²) in [5.74, 6) is -1.44. The molecule has 5 aromatic rings. The molecule has 5 rings (SSSR count). The van der Waals surface area contributed by atoms with Crippen molar-refractivity contribution in [2.45, 2.75) is 19.4 Å². The fourth-order valence-corrected chi connectivity index (χ4v) is 4.90. The van der Waals surface area contributed by atoms with Gasteiger partial charge in [0.05, 0.1) is 27.1 Å². The highest BCUT2D eigenvalue weighted by Crippen LogP contribution is 2.26. The second kappa shape index (κ2) is 10.2. The quantitative estimate of drug-likeness (QED) is 0.264. The third-order valence-electron chi connectivity index (χ3n) is 5.84. The average molecular weight is 516 g/mol. The number of carbonyl (C=O) groups excluding carboxylic acids is 2. The highest BCUT2D eigenvalue weighted by atomic mass is 32.1. The van der Waals surface area contributed by atoms with Crippen molar-refractivity contribution >= 4 is 60.8 Å². The lowest BCUT2D eigenvalue weighted by atomic mass is 10.1. The van der Waals surface area contributed by atoms with E-state index in [2.05, 4.69) is 15.6 Å². The molecule has 0 radical (unpaired) electrons. The van der Waals surface area contributed by atoms with Crippen molar-refractivity contribution in [3.63, 3.8) is 0 Å². The topological polar surface area (TPSA) is 119 Å². The summed E-state index contributed by atoms with van der Waals surface area (Å²) in [6, 6.07) is 18.3. The number of hydrogen-bond donors (Lipinski definition) is 3. The first-order valence-electron chi connectivity index (χ1n) is 11.5. The second-order valence-electron chi connectivity index (χ2n) is 8.41. The molecular weight excluding hydrogens is 493 g/mol. The van der Waals surface area contributed by atoms with Crippen LogP contribution in [0.3, 0.4) is 0 Å². The molecule has 0 bridgehead atoms. The first-order valence-corrected chi connectivity index (χ1v) is 12.3. The largest absolute Gasteiger partial charge is 0.397 e. The van der Waals surface area contributed by atoms with Crippen molar-refractivity contribution in [3.05, 3.63) is 94.5 Å². The predicted octanol–water partition coefficient (Wildman–Crippen LogP) is 5.00. The Bertz CT molecular complexity index is 1680. The van der Waals surface area contributed by atoms with Crippen LogP contribution < -0.4 is 21.8 Å². The molecule has 10 heteroatoms. The van der Waals surface area contributed by atoms with E-state index in [9.17, 15) is 18.8 Å². The molecule has 0 aliphatic heterocycles. The van der Waals surface area contributed by atoms with Gasteiger partial charge >= 0.3 is 0 Å². The minimum absolute atomic E-state index is 0.0819. The van der Waals surface area contributed by atoms with Gasteiger partial charge in [-0.2, -0.15) is 0 Å². The van der Waals surface area contributed by atoms with Crippen LogP contribution >= 0.6 is 11.3 Å². The summed E-state index contributed by atoms with van der Waals surface area (Å²) in [4.78, 5) is 43.0. The standard InChI is InChI=1S/C27H22FN5O3S/c28-16-11-12-22-17(14-16)25(35)18(26(36)32-27-31-21-8-3-4-9-23(21)37-27)15-33(22)13-5-10-24(34)30-20-7-2-1-6-19(20)29/h1-4,6-9,11-12,14-15H,5,10,13,29H2,(H,30,34)(H,31,32,36). The highest BCUT2D eigenvalue weighted by molar-refractivity contribution is 7.22. The van der Waals surface area contributed by atoms with Crippen LogP contribution in [-0.2, 0) is 11.3 Å². The lowest BCUT2D eigenvalue weighted by Gasteiger charge is -2.14. The van der Waals surface area contributed by atoms with Crippen LogP contribution in [0.5, 0.6) is 0 Å². The molecule has 2 aromatic heterocycles. The maximum Gasteiger partial charge on any atom is 0.262 e. The van der Waals surface area contributed by atoms with E-state index < -0.39 is 17.2 Å². The van der Waals surface area contributed by atoms with Crippen LogP contribution in [0, 0.1) is 5.82 Å². The number of carbonyl (C=O) groups is 2. The molecule has 0 saturated carbocycles. The average Bonchev–Trinajstić information content (AvgIpc) is 3.29. The number of nitrogens with zero attached hydrogens (tertiary/aromatic N) is 2. The highest BCUT2D eigenvalue weighted by Gasteiger charge is 2.18. The van der Waals surface area contributed by atoms with Gasteiger partial charge in [-0.25, -0.2) is 9.37 Å². The summed E-state index contributed by atoms with van der Waals surface area (Å²) in [6.45, 7) is 0.321. The number of aryl methyl sites for hydroxylation is 1. The molecule has 0 aliphatic rings. The third-order valence-corrected chi connectivity index (χ3v) is 6.79. The van der Waals surface area contributed by atoms with Crippen molar-refractivity contribution in [1.29, 1.82) is 0 Å². The number of halogens is 1. The lowest BCUT2D eigenvalue weighted by Crippen LogP contribution is -2.24. The molecule has 0 fully saturated rings. The molecular formula is C27H22FN5O3S. The first kappa shape index (κ1) is 24.1. The number of rotatable bonds is 7. The summed E-state index contributed by atoms with van der Waals surface area (Å²) >= 11 is 1.29. The zero-order valence-corrected chi connectivity index (χ0v) is 20.3. The van der Waals surface area contributed by atoms with Gasteiger partial charge < -0.3 is 15.6 Å². The van der Waals surface area contributed by atoms with Crippen LogP contribution in [0.4, 0.5) is 20.9 Å². The van der Waals surface area contributed by atoms with E-state index in [4.69, 9.17) is 5.73 Å². The van der Waals surface area contributed by atoms with Crippen LogP contribution in [-0.4, -0.2) is 21.4 Å². The molecule has 4 N–H and O–H groups in total. The molecule has 0 atom stereocenters. The van der Waals surface area contributed by atoms with E-state index in [1.54, 1.807) is 28.8 Å². The molecule has 37 heavy (non-hydrogen) atoms. The number of nitrogen functional groups attached to an aromatic ring is 1. The van der Waals surface area contributed by atoms with E-state index >= 15 is 0 Å². The van der Waals surface area contributed by atoms with Crippen molar-refractivity contribution < 1.29 is 14.0 Å². The molecule has 0 spiro atoms. The van der Waals surface area contributed by atoms with Crippen LogP contribution in [0.15, 0.2) is 77.7 Å². The maximum absolute atomic E-state index is 14.0. The number of amides is 2. The minimum Gasteiger partial charge on any atom is -0.397 e. The fourth-order valence-electron chi connectivity index (χ4n) is 4.04. The number of benzene rings is 3. The Morgan fingerprint density at radius 2 is 1.81 bits per heavy atom. The number of hydrogen-bond acceptors (Lipinski definition) is 6. The Kier molecular flexibility index (Phi) is 6.65. The zero-order chi connectivity index (χ0) is 25.9. The normalized spacial score (nSPS) is 11.1. The van der Waals surface area contributed by atoms with Crippen molar-refractivity contribution in [2.24, 2.45) is 0 Å². The van der Waals surface area contributed by atoms with Gasteiger partial charge in [-0.3, -0.25) is 19.7 Å². The molecule has 8 nitrogen and oxygen atoms in total. The third kappa shape index (κ3) is 5.19. The monoisotopic (exact) mass is 515 g/mol. The fraction of sp³-hybridized carbons (Fsp3) is 0.111. The number of nitrogens with one attached hydrogen (secondary N) is 2. The molecule has 3 aromatic carbocycles. The number of nitrogens with two attached hydrogens (primary N) is 1. The Hall–Kier alpha value is -4.57. The van der Waals surface area contributed by atoms with Crippen molar-refractivity contribution in [3.8, 4) is 0 Å². The van der Waals surface area contributed by atoms with E-state index in [1.165, 1.54) is 29.7 Å². The Morgan fingerprint density at radius 3 is 2.62 bits per heavy atom. The van der Waals surface area contributed by atoms with Crippen LogP contribution in [0.2, 0.25) is 0 Å². The minimum atomic E-state index is -0.638. The molecule has 0 saturated heterocycles. The van der Waals surface area contributed by atoms with E-state index in [-0.39, 0.29) is 23.3 Å². The summed E-state index contributed by atoms with van der Waals surface area (Å²) < 4.78 is 16.6. The van der Waals surface area contributed by atoms with Crippen LogP contribution in [0.25, 0.3) is 21.1 Å². The number of aromatic nitrogens is 2. The summed E-state index contributed by atoms with van der Waals surface area (Å²) in [5, 5.41) is 5.90. The van der Waals surface area contributed by atoms with Crippen molar-refractivity contribution in [1.82, 2.24) is 9.55 Å². The lowest BCUT2D eigenvalue weighted by molar-refractivity contribution is -0.116. The van der Waals surface area contributed by atoms with E-state index in [0.29, 0.717) is 35.0 Å². The summed E-state index contributed by atoms with van der Waals surface area (Å²) in [6.07, 6.45) is 2.03. The molecule has 0 aliphatic carbocycles. The Balaban J connectivity index is 1.38. The van der Waals surface area contributed by atoms with Crippen LogP contribution in [0.1, 0.15) is 23.2 Å². The first-order chi connectivity index (χ1) is 17.9. The molecule has 2 heterocycles. The van der Waals surface area contributed by atoms with E-state index in [0.717, 1.165) is 16.3 Å². The Labute approximate surface area is 214 Å². The SMILES string of the molecule is Nc1ccccc1NC(=O)CCCn1cc(C(=O)Nc2nc3ccccc3s2)c(=O)c2cc(F)ccc21. The Morgan fingerprint density at radius 1 is 1.03 bits per heavy atom. The van der Waals surface area contributed by atoms with Gasteiger partial charge in [0.2, 0.25) is 11.3 Å². The molecule has 0 unspecified atom stereocenters. The van der Waals surface area contributed by atoms with Gasteiger partial charge in [-0.1, -0.05) is 35.6 Å². The number of thiazole rings is 1. The number of pyridine rings is 1. The van der Waals surface area contributed by atoms with Gasteiger partial charge in [0, 0.05) is 24.5 Å². The van der Waals surface area contributed by atoms with Gasteiger partial charge in [0.15, 0.2) is 5.13 Å². The predicted molar refractivity (Wildman–Crippen MR) is 144 cm³/mol. The number of fused-ring (bicyclic) bond motifs is 2. The van der Waals surface area contributed by atoms with Gasteiger partial charge in [-0.15, -0.1) is 0 Å². The van der Waals surface area contributed by atoms with Gasteiger partial charge in [0.1, 0.15) is 11.4 Å². The van der Waals surface area contributed by atoms with Gasteiger partial charge in [-0.05, 0) is 48.9 Å². The molecule has 186 valence electrons. The number of para-hydroxylation sites is 3. The summed E-state index contributed by atoms with van der Waals surface area (Å²) in [5.41, 5.74) is 7.36. The van der Waals surface area contributed by atoms with E-state index in [1.807, 2.05) is 24.3 Å². The van der Waals surface area contributed by atoms with Gasteiger partial charge in [0.25, 0.3) is 5.91 Å². The summed E-state index contributed by atoms with van der Waals surface area (Å²) in [7, 11) is 0. The second-order valence-corrected chi connectivity index (χ2v) is 9.44. The number of anilines is 3. The zero-order valence-electron chi connectivity index (χ0n) is 19.5. The maximum atomic E-state index is 14.0. The molecule has 2 amide bonds.